The molecule has 1 fully saturated rings. The average Bonchev–Trinajstić information content (AvgIpc) is 3.08. The standard InChI is InChI=1S/C14H21N3O2S/c18-20(19,17-9-3-4-10-17)16-8-7-12-11-15-14-6-2-1-5-13(12)14/h1-2,5-6,12,15-16H,3-4,7-11H2. The number of fused-ring (bicyclic) bond motifs is 1. The van der Waals surface area contributed by atoms with Crippen LogP contribution in [0.1, 0.15) is 30.7 Å². The third-order valence-corrected chi connectivity index (χ3v) is 5.74. The molecule has 0 radical (unpaired) electrons. The Hall–Kier alpha value is -1.11. The molecule has 5 nitrogen and oxygen atoms in total. The molecule has 0 aliphatic carbocycles. The number of anilines is 1. The highest BCUT2D eigenvalue weighted by molar-refractivity contribution is 7.87. The molecule has 2 heterocycles. The Labute approximate surface area is 120 Å². The number of nitrogens with one attached hydrogen (secondary N) is 2. The first-order valence-electron chi connectivity index (χ1n) is 7.24. The van der Waals surface area contributed by atoms with Crippen molar-refractivity contribution < 1.29 is 8.42 Å². The second-order valence-corrected chi connectivity index (χ2v) is 7.21. The fourth-order valence-corrected chi connectivity index (χ4v) is 4.29. The van der Waals surface area contributed by atoms with Crippen LogP contribution in [0, 0.1) is 0 Å². The van der Waals surface area contributed by atoms with E-state index in [1.165, 1.54) is 11.3 Å². The number of para-hydroxylation sites is 1. The summed E-state index contributed by atoms with van der Waals surface area (Å²) in [6.45, 7) is 2.70. The first-order valence-corrected chi connectivity index (χ1v) is 8.68. The van der Waals surface area contributed by atoms with Gasteiger partial charge in [-0.2, -0.15) is 12.7 Å². The van der Waals surface area contributed by atoms with Gasteiger partial charge in [0.15, 0.2) is 0 Å². The molecule has 1 aromatic carbocycles. The molecule has 6 heteroatoms. The Bertz CT molecular complexity index is 568. The summed E-state index contributed by atoms with van der Waals surface area (Å²) in [6.07, 6.45) is 2.78. The lowest BCUT2D eigenvalue weighted by molar-refractivity contribution is 0.462. The molecule has 3 rings (SSSR count). The SMILES string of the molecule is O=S(=O)(NCCC1CNc2ccccc21)N1CCCC1. The van der Waals surface area contributed by atoms with Crippen molar-refractivity contribution >= 4 is 15.9 Å². The molecular weight excluding hydrogens is 274 g/mol. The van der Waals surface area contributed by atoms with Gasteiger partial charge in [0.05, 0.1) is 0 Å². The summed E-state index contributed by atoms with van der Waals surface area (Å²) in [5, 5.41) is 3.37. The Morgan fingerprint density at radius 2 is 2.00 bits per heavy atom. The zero-order valence-electron chi connectivity index (χ0n) is 11.5. The zero-order chi connectivity index (χ0) is 14.0. The van der Waals surface area contributed by atoms with Gasteiger partial charge in [-0.3, -0.25) is 0 Å². The fourth-order valence-electron chi connectivity index (χ4n) is 3.00. The van der Waals surface area contributed by atoms with Gasteiger partial charge in [-0.05, 0) is 30.9 Å². The minimum absolute atomic E-state index is 0.396. The summed E-state index contributed by atoms with van der Waals surface area (Å²) >= 11 is 0. The largest absolute Gasteiger partial charge is 0.384 e. The second-order valence-electron chi connectivity index (χ2n) is 5.46. The van der Waals surface area contributed by atoms with Crippen LogP contribution in [0.4, 0.5) is 5.69 Å². The Balaban J connectivity index is 1.54. The van der Waals surface area contributed by atoms with Crippen LogP contribution in [0.25, 0.3) is 0 Å². The predicted molar refractivity (Wildman–Crippen MR) is 80.0 cm³/mol. The van der Waals surface area contributed by atoms with Crippen molar-refractivity contribution in [1.82, 2.24) is 9.03 Å². The fraction of sp³-hybridized carbons (Fsp3) is 0.571. The van der Waals surface area contributed by atoms with Gasteiger partial charge in [-0.25, -0.2) is 4.72 Å². The van der Waals surface area contributed by atoms with Crippen LogP contribution < -0.4 is 10.0 Å². The Morgan fingerprint density at radius 1 is 1.25 bits per heavy atom. The van der Waals surface area contributed by atoms with Gasteiger partial charge in [-0.1, -0.05) is 18.2 Å². The highest BCUT2D eigenvalue weighted by Gasteiger charge is 2.26. The molecule has 0 spiro atoms. The summed E-state index contributed by atoms with van der Waals surface area (Å²) in [5.41, 5.74) is 2.48. The van der Waals surface area contributed by atoms with Crippen LogP contribution in [-0.2, 0) is 10.2 Å². The molecular formula is C14H21N3O2S. The summed E-state index contributed by atoms with van der Waals surface area (Å²) in [7, 11) is -3.27. The molecule has 2 aliphatic rings. The van der Waals surface area contributed by atoms with Gasteiger partial charge in [-0.15, -0.1) is 0 Å². The molecule has 1 unspecified atom stereocenters. The average molecular weight is 295 g/mol. The number of hydrogen-bond donors (Lipinski definition) is 2. The van der Waals surface area contributed by atoms with Crippen molar-refractivity contribution in [3.05, 3.63) is 29.8 Å². The third-order valence-electron chi connectivity index (χ3n) is 4.12. The van der Waals surface area contributed by atoms with E-state index in [0.717, 1.165) is 25.8 Å². The van der Waals surface area contributed by atoms with Crippen molar-refractivity contribution in [2.24, 2.45) is 0 Å². The maximum absolute atomic E-state index is 12.1. The van der Waals surface area contributed by atoms with E-state index in [-0.39, 0.29) is 0 Å². The van der Waals surface area contributed by atoms with Crippen molar-refractivity contribution in [3.8, 4) is 0 Å². The molecule has 1 aromatic rings. The van der Waals surface area contributed by atoms with Crippen LogP contribution in [0.2, 0.25) is 0 Å². The van der Waals surface area contributed by atoms with E-state index in [1.54, 1.807) is 4.31 Å². The highest BCUT2D eigenvalue weighted by Crippen LogP contribution is 2.32. The van der Waals surface area contributed by atoms with Gasteiger partial charge in [0.25, 0.3) is 10.2 Å². The van der Waals surface area contributed by atoms with E-state index in [9.17, 15) is 8.42 Å². The van der Waals surface area contributed by atoms with Crippen LogP contribution in [0.15, 0.2) is 24.3 Å². The summed E-state index contributed by atoms with van der Waals surface area (Å²) in [6, 6.07) is 8.25. The molecule has 1 saturated heterocycles. The number of rotatable bonds is 5. The Morgan fingerprint density at radius 3 is 2.80 bits per heavy atom. The smallest absolute Gasteiger partial charge is 0.279 e. The summed E-state index contributed by atoms with van der Waals surface area (Å²) in [5.74, 6) is 0.396. The van der Waals surface area contributed by atoms with Crippen LogP contribution in [0.5, 0.6) is 0 Å². The van der Waals surface area contributed by atoms with Crippen LogP contribution >= 0.6 is 0 Å². The van der Waals surface area contributed by atoms with Gasteiger partial charge in [0, 0.05) is 37.8 Å². The second kappa shape index (κ2) is 5.71. The molecule has 0 bridgehead atoms. The molecule has 0 saturated carbocycles. The minimum atomic E-state index is -3.27. The van der Waals surface area contributed by atoms with Crippen molar-refractivity contribution in [2.45, 2.75) is 25.2 Å². The van der Waals surface area contributed by atoms with Gasteiger partial charge in [0.2, 0.25) is 0 Å². The highest BCUT2D eigenvalue weighted by atomic mass is 32.2. The van der Waals surface area contributed by atoms with E-state index in [4.69, 9.17) is 0 Å². The molecule has 0 amide bonds. The van der Waals surface area contributed by atoms with Gasteiger partial charge >= 0.3 is 0 Å². The van der Waals surface area contributed by atoms with Crippen LogP contribution in [-0.4, -0.2) is 38.9 Å². The monoisotopic (exact) mass is 295 g/mol. The van der Waals surface area contributed by atoms with Crippen molar-refractivity contribution in [1.29, 1.82) is 0 Å². The lowest BCUT2D eigenvalue weighted by Crippen LogP contribution is -2.39. The minimum Gasteiger partial charge on any atom is -0.384 e. The molecule has 20 heavy (non-hydrogen) atoms. The van der Waals surface area contributed by atoms with Gasteiger partial charge in [0.1, 0.15) is 0 Å². The van der Waals surface area contributed by atoms with Crippen molar-refractivity contribution in [2.75, 3.05) is 31.5 Å². The van der Waals surface area contributed by atoms with Crippen LogP contribution in [0.3, 0.4) is 0 Å². The first kappa shape index (κ1) is 13.9. The number of nitrogens with zero attached hydrogens (tertiary/aromatic N) is 1. The van der Waals surface area contributed by atoms with E-state index in [0.29, 0.717) is 25.6 Å². The first-order chi connectivity index (χ1) is 9.67. The maximum Gasteiger partial charge on any atom is 0.279 e. The van der Waals surface area contributed by atoms with Crippen molar-refractivity contribution in [3.63, 3.8) is 0 Å². The summed E-state index contributed by atoms with van der Waals surface area (Å²) < 4.78 is 28.4. The molecule has 110 valence electrons. The molecule has 2 aliphatic heterocycles. The molecule has 0 aromatic heterocycles. The quantitative estimate of drug-likeness (QED) is 0.866. The normalized spacial score (nSPS) is 22.7. The van der Waals surface area contributed by atoms with E-state index >= 15 is 0 Å². The lowest BCUT2D eigenvalue weighted by Gasteiger charge is -2.17. The Kier molecular flexibility index (Phi) is 3.96. The van der Waals surface area contributed by atoms with E-state index in [1.807, 2.05) is 12.1 Å². The number of benzene rings is 1. The van der Waals surface area contributed by atoms with E-state index < -0.39 is 10.2 Å². The lowest BCUT2D eigenvalue weighted by atomic mass is 9.98. The molecule has 1 atom stereocenters. The number of hydrogen-bond acceptors (Lipinski definition) is 3. The predicted octanol–water partition coefficient (Wildman–Crippen LogP) is 1.52. The van der Waals surface area contributed by atoms with E-state index in [2.05, 4.69) is 22.2 Å². The molecule has 2 N–H and O–H groups in total. The maximum atomic E-state index is 12.1. The third kappa shape index (κ3) is 2.82. The summed E-state index contributed by atoms with van der Waals surface area (Å²) in [4.78, 5) is 0. The van der Waals surface area contributed by atoms with Gasteiger partial charge < -0.3 is 5.32 Å². The zero-order valence-corrected chi connectivity index (χ0v) is 12.3. The topological polar surface area (TPSA) is 61.4 Å².